The molecule has 1 heteroatoms. The maximum absolute atomic E-state index is 3.24. The van der Waals surface area contributed by atoms with Crippen molar-refractivity contribution in [2.45, 2.75) is 33.1 Å². The zero-order valence-corrected chi connectivity index (χ0v) is 12.4. The van der Waals surface area contributed by atoms with E-state index in [1.807, 2.05) is 7.05 Å². The zero-order valence-electron chi connectivity index (χ0n) is 12.4. The standard InChI is InChI=1S/C18H25N/c1-14(12-13-19-3)8-11-17-15(2)9-10-16-6-4-5-7-18(16)17/h4-7,9-10,14,19H,8,11-13H2,1-3H3. The molecule has 0 aliphatic heterocycles. The Morgan fingerprint density at radius 3 is 2.63 bits per heavy atom. The summed E-state index contributed by atoms with van der Waals surface area (Å²) in [5, 5.41) is 6.04. The third-order valence-electron chi connectivity index (χ3n) is 4.05. The van der Waals surface area contributed by atoms with Gasteiger partial charge in [0.2, 0.25) is 0 Å². The van der Waals surface area contributed by atoms with Crippen molar-refractivity contribution in [2.24, 2.45) is 5.92 Å². The summed E-state index contributed by atoms with van der Waals surface area (Å²) >= 11 is 0. The smallest absolute Gasteiger partial charge is 0.00494 e. The average Bonchev–Trinajstić information content (AvgIpc) is 2.44. The number of benzene rings is 2. The van der Waals surface area contributed by atoms with E-state index in [0.29, 0.717) is 0 Å². The molecule has 0 aromatic heterocycles. The Bertz CT molecular complexity index is 530. The first-order valence-electron chi connectivity index (χ1n) is 7.34. The Hall–Kier alpha value is -1.34. The van der Waals surface area contributed by atoms with Crippen molar-refractivity contribution in [1.29, 1.82) is 0 Å². The lowest BCUT2D eigenvalue weighted by molar-refractivity contribution is 0.482. The van der Waals surface area contributed by atoms with Gasteiger partial charge < -0.3 is 5.32 Å². The van der Waals surface area contributed by atoms with Gasteiger partial charge in [0.05, 0.1) is 0 Å². The number of rotatable bonds is 6. The molecule has 102 valence electrons. The minimum absolute atomic E-state index is 0.783. The fraction of sp³-hybridized carbons (Fsp3) is 0.444. The zero-order chi connectivity index (χ0) is 13.7. The van der Waals surface area contributed by atoms with Gasteiger partial charge in [-0.25, -0.2) is 0 Å². The van der Waals surface area contributed by atoms with Crippen molar-refractivity contribution in [1.82, 2.24) is 5.32 Å². The van der Waals surface area contributed by atoms with Crippen LogP contribution in [0, 0.1) is 12.8 Å². The van der Waals surface area contributed by atoms with Gasteiger partial charge in [-0.3, -0.25) is 0 Å². The van der Waals surface area contributed by atoms with E-state index in [2.05, 4.69) is 55.6 Å². The first-order chi connectivity index (χ1) is 9.22. The van der Waals surface area contributed by atoms with E-state index in [0.717, 1.165) is 12.5 Å². The minimum Gasteiger partial charge on any atom is -0.320 e. The van der Waals surface area contributed by atoms with Crippen molar-refractivity contribution < 1.29 is 0 Å². The molecular weight excluding hydrogens is 230 g/mol. The second-order valence-electron chi connectivity index (χ2n) is 5.62. The molecule has 0 aliphatic rings. The van der Waals surface area contributed by atoms with Crippen LogP contribution in [0.5, 0.6) is 0 Å². The second-order valence-corrected chi connectivity index (χ2v) is 5.62. The van der Waals surface area contributed by atoms with E-state index in [1.54, 1.807) is 0 Å². The summed E-state index contributed by atoms with van der Waals surface area (Å²) in [7, 11) is 2.03. The molecule has 2 aromatic rings. The monoisotopic (exact) mass is 255 g/mol. The van der Waals surface area contributed by atoms with Crippen LogP contribution in [0.2, 0.25) is 0 Å². The topological polar surface area (TPSA) is 12.0 Å². The van der Waals surface area contributed by atoms with Gasteiger partial charge in [-0.05, 0) is 67.6 Å². The Morgan fingerprint density at radius 2 is 1.84 bits per heavy atom. The molecule has 0 spiro atoms. The third-order valence-corrected chi connectivity index (χ3v) is 4.05. The molecule has 0 saturated carbocycles. The maximum atomic E-state index is 3.24. The Morgan fingerprint density at radius 1 is 1.05 bits per heavy atom. The van der Waals surface area contributed by atoms with Crippen molar-refractivity contribution in [3.8, 4) is 0 Å². The maximum Gasteiger partial charge on any atom is -0.00494 e. The van der Waals surface area contributed by atoms with E-state index in [4.69, 9.17) is 0 Å². The van der Waals surface area contributed by atoms with Gasteiger partial charge in [0, 0.05) is 0 Å². The first kappa shape index (κ1) is 14.1. The lowest BCUT2D eigenvalue weighted by Gasteiger charge is -2.14. The van der Waals surface area contributed by atoms with Gasteiger partial charge in [0.15, 0.2) is 0 Å². The highest BCUT2D eigenvalue weighted by molar-refractivity contribution is 5.86. The molecule has 2 rings (SSSR count). The van der Waals surface area contributed by atoms with Crippen LogP contribution in [0.4, 0.5) is 0 Å². The fourth-order valence-corrected chi connectivity index (χ4v) is 2.70. The van der Waals surface area contributed by atoms with E-state index in [9.17, 15) is 0 Å². The SMILES string of the molecule is CNCCC(C)CCc1c(C)ccc2ccccc12. The lowest BCUT2D eigenvalue weighted by Crippen LogP contribution is -2.12. The highest BCUT2D eigenvalue weighted by atomic mass is 14.8. The molecule has 19 heavy (non-hydrogen) atoms. The molecule has 0 amide bonds. The molecule has 0 fully saturated rings. The average molecular weight is 255 g/mol. The van der Waals surface area contributed by atoms with E-state index in [-0.39, 0.29) is 0 Å². The summed E-state index contributed by atoms with van der Waals surface area (Å²) in [4.78, 5) is 0. The highest BCUT2D eigenvalue weighted by Gasteiger charge is 2.07. The van der Waals surface area contributed by atoms with Crippen LogP contribution in [0.15, 0.2) is 36.4 Å². The van der Waals surface area contributed by atoms with Crippen molar-refractivity contribution in [3.05, 3.63) is 47.5 Å². The van der Waals surface area contributed by atoms with Crippen LogP contribution in [0.3, 0.4) is 0 Å². The fourth-order valence-electron chi connectivity index (χ4n) is 2.70. The second kappa shape index (κ2) is 6.72. The molecule has 2 aromatic carbocycles. The summed E-state index contributed by atoms with van der Waals surface area (Å²) in [5.41, 5.74) is 2.97. The lowest BCUT2D eigenvalue weighted by atomic mass is 9.92. The van der Waals surface area contributed by atoms with Gasteiger partial charge in [0.25, 0.3) is 0 Å². The van der Waals surface area contributed by atoms with Crippen molar-refractivity contribution in [3.63, 3.8) is 0 Å². The van der Waals surface area contributed by atoms with Crippen LogP contribution in [0.1, 0.15) is 30.9 Å². The molecule has 0 aliphatic carbocycles. The van der Waals surface area contributed by atoms with Gasteiger partial charge in [-0.2, -0.15) is 0 Å². The van der Waals surface area contributed by atoms with Gasteiger partial charge in [0.1, 0.15) is 0 Å². The number of hydrogen-bond acceptors (Lipinski definition) is 1. The van der Waals surface area contributed by atoms with E-state index >= 15 is 0 Å². The quantitative estimate of drug-likeness (QED) is 0.810. The summed E-state index contributed by atoms with van der Waals surface area (Å²) in [6, 6.07) is 13.2. The molecule has 1 nitrogen and oxygen atoms in total. The van der Waals surface area contributed by atoms with Crippen molar-refractivity contribution >= 4 is 10.8 Å². The molecule has 0 radical (unpaired) electrons. The predicted molar refractivity (Wildman–Crippen MR) is 84.7 cm³/mol. The largest absolute Gasteiger partial charge is 0.320 e. The summed E-state index contributed by atoms with van der Waals surface area (Å²) in [5.74, 6) is 0.783. The van der Waals surface area contributed by atoms with E-state index in [1.165, 1.54) is 41.2 Å². The van der Waals surface area contributed by atoms with Crippen LogP contribution >= 0.6 is 0 Å². The summed E-state index contributed by atoms with van der Waals surface area (Å²) in [6.45, 7) is 5.72. The third kappa shape index (κ3) is 3.57. The van der Waals surface area contributed by atoms with Crippen molar-refractivity contribution in [2.75, 3.05) is 13.6 Å². The number of nitrogens with one attached hydrogen (secondary N) is 1. The van der Waals surface area contributed by atoms with Gasteiger partial charge >= 0.3 is 0 Å². The number of hydrogen-bond donors (Lipinski definition) is 1. The van der Waals surface area contributed by atoms with Crippen LogP contribution in [-0.4, -0.2) is 13.6 Å². The molecule has 1 N–H and O–H groups in total. The Labute approximate surface area is 117 Å². The minimum atomic E-state index is 0.783. The normalized spacial score (nSPS) is 12.8. The first-order valence-corrected chi connectivity index (χ1v) is 7.34. The van der Waals surface area contributed by atoms with Gasteiger partial charge in [-0.1, -0.05) is 43.3 Å². The Kier molecular flexibility index (Phi) is 4.98. The van der Waals surface area contributed by atoms with Crippen LogP contribution < -0.4 is 5.32 Å². The van der Waals surface area contributed by atoms with Crippen LogP contribution in [0.25, 0.3) is 10.8 Å². The number of aryl methyl sites for hydroxylation is 2. The summed E-state index contributed by atoms with van der Waals surface area (Å²) in [6.07, 6.45) is 3.73. The molecule has 0 heterocycles. The molecule has 0 saturated heterocycles. The summed E-state index contributed by atoms with van der Waals surface area (Å²) < 4.78 is 0. The van der Waals surface area contributed by atoms with E-state index < -0.39 is 0 Å². The Balaban J connectivity index is 2.13. The molecular formula is C18H25N. The number of fused-ring (bicyclic) bond motifs is 1. The van der Waals surface area contributed by atoms with Crippen LogP contribution in [-0.2, 0) is 6.42 Å². The predicted octanol–water partition coefficient (Wildman–Crippen LogP) is 4.33. The van der Waals surface area contributed by atoms with Gasteiger partial charge in [-0.15, -0.1) is 0 Å². The highest BCUT2D eigenvalue weighted by Crippen LogP contribution is 2.24. The molecule has 0 bridgehead atoms. The molecule has 1 atom stereocenters. The molecule has 1 unspecified atom stereocenters.